The van der Waals surface area contributed by atoms with Crippen LogP contribution in [-0.2, 0) is 0 Å². The average molecular weight is 265 g/mol. The van der Waals surface area contributed by atoms with E-state index >= 15 is 0 Å². The van der Waals surface area contributed by atoms with Gasteiger partial charge in [0.25, 0.3) is 0 Å². The van der Waals surface area contributed by atoms with E-state index in [4.69, 9.17) is 0 Å². The fourth-order valence-corrected chi connectivity index (χ4v) is 4.25. The molecule has 3 nitrogen and oxygen atoms in total. The number of likely N-dealkylation sites (tertiary alicyclic amines) is 1. The van der Waals surface area contributed by atoms with Gasteiger partial charge in [0.2, 0.25) is 0 Å². The molecule has 3 fully saturated rings. The van der Waals surface area contributed by atoms with Gasteiger partial charge in [0.05, 0.1) is 0 Å². The molecule has 1 N–H and O–H groups in total. The van der Waals surface area contributed by atoms with Crippen LogP contribution >= 0.6 is 0 Å². The van der Waals surface area contributed by atoms with Gasteiger partial charge >= 0.3 is 0 Å². The summed E-state index contributed by atoms with van der Waals surface area (Å²) in [4.78, 5) is 5.36. The maximum Gasteiger partial charge on any atom is 0.0111 e. The van der Waals surface area contributed by atoms with Crippen LogP contribution in [0, 0.1) is 5.92 Å². The van der Waals surface area contributed by atoms with E-state index in [1.807, 2.05) is 0 Å². The minimum absolute atomic E-state index is 0.792. The van der Waals surface area contributed by atoms with Crippen molar-refractivity contribution in [1.29, 1.82) is 0 Å². The monoisotopic (exact) mass is 265 g/mol. The van der Waals surface area contributed by atoms with Gasteiger partial charge in [-0.2, -0.15) is 0 Å². The highest BCUT2D eigenvalue weighted by Crippen LogP contribution is 2.26. The lowest BCUT2D eigenvalue weighted by atomic mass is 9.97. The minimum Gasteiger partial charge on any atom is -0.314 e. The third-order valence-electron chi connectivity index (χ3n) is 5.34. The molecular formula is C16H31N3. The normalized spacial score (nSPS) is 34.6. The second kappa shape index (κ2) is 6.55. The van der Waals surface area contributed by atoms with Crippen LogP contribution in [0.1, 0.15) is 45.4 Å². The van der Waals surface area contributed by atoms with Gasteiger partial charge in [-0.25, -0.2) is 0 Å². The van der Waals surface area contributed by atoms with Crippen LogP contribution in [0.15, 0.2) is 0 Å². The Kier molecular flexibility index (Phi) is 4.78. The van der Waals surface area contributed by atoms with Crippen molar-refractivity contribution < 1.29 is 0 Å². The molecule has 3 aliphatic rings. The molecule has 3 atom stereocenters. The molecular weight excluding hydrogens is 234 g/mol. The number of fused-ring (bicyclic) bond motifs is 1. The first-order valence-electron chi connectivity index (χ1n) is 8.51. The third kappa shape index (κ3) is 3.71. The summed E-state index contributed by atoms with van der Waals surface area (Å²) in [7, 11) is 0. The molecule has 0 aromatic heterocycles. The van der Waals surface area contributed by atoms with Gasteiger partial charge in [-0.05, 0) is 77.2 Å². The Bertz CT molecular complexity index is 275. The zero-order valence-electron chi connectivity index (χ0n) is 12.6. The molecule has 0 aromatic carbocycles. The summed E-state index contributed by atoms with van der Waals surface area (Å²) < 4.78 is 0. The zero-order valence-corrected chi connectivity index (χ0v) is 12.6. The second-order valence-corrected chi connectivity index (χ2v) is 7.07. The number of nitrogens with one attached hydrogen (secondary N) is 1. The molecule has 0 spiro atoms. The van der Waals surface area contributed by atoms with Crippen LogP contribution in [0.3, 0.4) is 0 Å². The molecule has 19 heavy (non-hydrogen) atoms. The summed E-state index contributed by atoms with van der Waals surface area (Å²) in [5.74, 6) is 0.805. The molecule has 3 saturated heterocycles. The van der Waals surface area contributed by atoms with Crippen molar-refractivity contribution in [2.75, 3.05) is 39.3 Å². The molecule has 0 radical (unpaired) electrons. The molecule has 0 aromatic rings. The lowest BCUT2D eigenvalue weighted by molar-refractivity contribution is 0.162. The number of nitrogens with zero attached hydrogens (tertiary/aromatic N) is 2. The van der Waals surface area contributed by atoms with Crippen molar-refractivity contribution in [1.82, 2.24) is 15.1 Å². The summed E-state index contributed by atoms with van der Waals surface area (Å²) in [6, 6.07) is 1.69. The summed E-state index contributed by atoms with van der Waals surface area (Å²) in [6.45, 7) is 10.3. The lowest BCUT2D eigenvalue weighted by Crippen LogP contribution is -2.47. The smallest absolute Gasteiger partial charge is 0.0111 e. The Morgan fingerprint density at radius 2 is 1.89 bits per heavy atom. The largest absolute Gasteiger partial charge is 0.314 e. The molecule has 0 bridgehead atoms. The first kappa shape index (κ1) is 13.8. The van der Waals surface area contributed by atoms with Crippen molar-refractivity contribution in [2.45, 2.75) is 57.5 Å². The highest BCUT2D eigenvalue weighted by Gasteiger charge is 2.31. The van der Waals surface area contributed by atoms with Gasteiger partial charge in [-0.3, -0.25) is 0 Å². The Morgan fingerprint density at radius 1 is 1.05 bits per heavy atom. The van der Waals surface area contributed by atoms with E-state index in [1.165, 1.54) is 77.8 Å². The first-order chi connectivity index (χ1) is 9.31. The van der Waals surface area contributed by atoms with E-state index in [1.54, 1.807) is 0 Å². The Hall–Kier alpha value is -0.120. The molecule has 3 unspecified atom stereocenters. The van der Waals surface area contributed by atoms with E-state index < -0.39 is 0 Å². The van der Waals surface area contributed by atoms with E-state index in [-0.39, 0.29) is 0 Å². The number of hydrogen-bond acceptors (Lipinski definition) is 3. The summed E-state index contributed by atoms with van der Waals surface area (Å²) in [5, 5.41) is 3.85. The third-order valence-corrected chi connectivity index (χ3v) is 5.34. The van der Waals surface area contributed by atoms with E-state index in [0.29, 0.717) is 0 Å². The predicted molar refractivity (Wildman–Crippen MR) is 80.5 cm³/mol. The molecule has 0 saturated carbocycles. The van der Waals surface area contributed by atoms with Crippen LogP contribution in [0.4, 0.5) is 0 Å². The molecule has 0 aliphatic carbocycles. The SMILES string of the molecule is CC(CNC1CCN2CCCC2C1)CN1CCCC1. The minimum atomic E-state index is 0.792. The van der Waals surface area contributed by atoms with Crippen LogP contribution in [0.2, 0.25) is 0 Å². The van der Waals surface area contributed by atoms with Gasteiger partial charge in [0, 0.05) is 18.6 Å². The zero-order chi connectivity index (χ0) is 13.1. The predicted octanol–water partition coefficient (Wildman–Crippen LogP) is 1.93. The molecule has 3 aliphatic heterocycles. The average Bonchev–Trinajstić information content (AvgIpc) is 3.06. The van der Waals surface area contributed by atoms with Crippen molar-refractivity contribution in [3.8, 4) is 0 Å². The maximum absolute atomic E-state index is 3.85. The molecule has 3 heteroatoms. The Labute approximate surface area is 118 Å². The van der Waals surface area contributed by atoms with Gasteiger partial charge in [-0.1, -0.05) is 6.92 Å². The summed E-state index contributed by atoms with van der Waals surface area (Å²) in [5.41, 5.74) is 0. The molecule has 0 amide bonds. The Morgan fingerprint density at radius 3 is 2.74 bits per heavy atom. The molecule has 110 valence electrons. The summed E-state index contributed by atoms with van der Waals surface area (Å²) in [6.07, 6.45) is 8.48. The number of rotatable bonds is 5. The highest BCUT2D eigenvalue weighted by atomic mass is 15.2. The quantitative estimate of drug-likeness (QED) is 0.819. The van der Waals surface area contributed by atoms with Gasteiger partial charge in [0.1, 0.15) is 0 Å². The topological polar surface area (TPSA) is 18.5 Å². The van der Waals surface area contributed by atoms with Gasteiger partial charge in [-0.15, -0.1) is 0 Å². The molecule has 3 rings (SSSR count). The van der Waals surface area contributed by atoms with Gasteiger partial charge in [0.15, 0.2) is 0 Å². The van der Waals surface area contributed by atoms with E-state index in [0.717, 1.165) is 18.0 Å². The van der Waals surface area contributed by atoms with Crippen LogP contribution < -0.4 is 5.32 Å². The second-order valence-electron chi connectivity index (χ2n) is 7.07. The van der Waals surface area contributed by atoms with E-state index in [9.17, 15) is 0 Å². The highest BCUT2D eigenvalue weighted by molar-refractivity contribution is 4.89. The van der Waals surface area contributed by atoms with Crippen molar-refractivity contribution in [3.63, 3.8) is 0 Å². The van der Waals surface area contributed by atoms with Crippen LogP contribution in [0.5, 0.6) is 0 Å². The van der Waals surface area contributed by atoms with Crippen molar-refractivity contribution >= 4 is 0 Å². The van der Waals surface area contributed by atoms with Gasteiger partial charge < -0.3 is 15.1 Å². The first-order valence-corrected chi connectivity index (χ1v) is 8.51. The van der Waals surface area contributed by atoms with Crippen LogP contribution in [-0.4, -0.2) is 61.2 Å². The fraction of sp³-hybridized carbons (Fsp3) is 1.00. The maximum atomic E-state index is 3.85. The Balaban J connectivity index is 1.35. The lowest BCUT2D eigenvalue weighted by Gasteiger charge is -2.36. The number of hydrogen-bond donors (Lipinski definition) is 1. The standard InChI is InChI=1S/C16H31N3/c1-14(13-18-7-2-3-8-18)12-17-15-6-10-19-9-4-5-16(19)11-15/h14-17H,2-13H2,1H3. The van der Waals surface area contributed by atoms with Crippen molar-refractivity contribution in [2.24, 2.45) is 5.92 Å². The van der Waals surface area contributed by atoms with Crippen LogP contribution in [0.25, 0.3) is 0 Å². The summed E-state index contributed by atoms with van der Waals surface area (Å²) >= 11 is 0. The van der Waals surface area contributed by atoms with E-state index in [2.05, 4.69) is 22.0 Å². The fourth-order valence-electron chi connectivity index (χ4n) is 4.25. The number of piperidine rings is 1. The molecule has 3 heterocycles. The van der Waals surface area contributed by atoms with Crippen molar-refractivity contribution in [3.05, 3.63) is 0 Å².